The lowest BCUT2D eigenvalue weighted by molar-refractivity contribution is 0.0306. The lowest BCUT2D eigenvalue weighted by Gasteiger charge is -2.26. The minimum Gasteiger partial charge on any atom is -0.388 e. The molecule has 0 aliphatic heterocycles. The zero-order chi connectivity index (χ0) is 17.1. The Morgan fingerprint density at radius 1 is 1.13 bits per heavy atom. The Morgan fingerprint density at radius 2 is 1.78 bits per heavy atom. The highest BCUT2D eigenvalue weighted by Gasteiger charge is 2.27. The van der Waals surface area contributed by atoms with Gasteiger partial charge in [0.05, 0.1) is 12.1 Å². The zero-order valence-electron chi connectivity index (χ0n) is 15.7. The van der Waals surface area contributed by atoms with Gasteiger partial charge in [-0.1, -0.05) is 33.6 Å². The smallest absolute Gasteiger partial charge is 0.191 e. The number of hydrogen-bond acceptors (Lipinski definition) is 3. The lowest BCUT2D eigenvalue weighted by atomic mass is 9.93. The molecule has 5 nitrogen and oxygen atoms in total. The highest BCUT2D eigenvalue weighted by Crippen LogP contribution is 2.25. The first-order valence-electron chi connectivity index (χ1n) is 9.57. The number of hydrogen-bond donors (Lipinski definition) is 3. The molecule has 1 fully saturated rings. The molecule has 1 aliphatic rings. The summed E-state index contributed by atoms with van der Waals surface area (Å²) in [5.74, 6) is 0.824. The maximum absolute atomic E-state index is 10.7. The van der Waals surface area contributed by atoms with Crippen molar-refractivity contribution in [1.82, 2.24) is 15.5 Å². The molecule has 0 heterocycles. The van der Waals surface area contributed by atoms with Gasteiger partial charge in [-0.05, 0) is 39.2 Å². The van der Waals surface area contributed by atoms with E-state index in [0.29, 0.717) is 6.54 Å². The third-order valence-electron chi connectivity index (χ3n) is 4.47. The highest BCUT2D eigenvalue weighted by molar-refractivity contribution is 5.79. The van der Waals surface area contributed by atoms with Gasteiger partial charge in [0.25, 0.3) is 0 Å². The molecule has 0 aromatic heterocycles. The van der Waals surface area contributed by atoms with E-state index >= 15 is 0 Å². The predicted molar refractivity (Wildman–Crippen MR) is 99.0 cm³/mol. The van der Waals surface area contributed by atoms with Crippen molar-refractivity contribution in [3.8, 4) is 0 Å². The van der Waals surface area contributed by atoms with Gasteiger partial charge >= 0.3 is 0 Å². The van der Waals surface area contributed by atoms with Gasteiger partial charge in [-0.25, -0.2) is 0 Å². The van der Waals surface area contributed by atoms with Gasteiger partial charge in [0.1, 0.15) is 0 Å². The Bertz CT molecular complexity index is 336. The first kappa shape index (κ1) is 20.2. The number of nitrogens with one attached hydrogen (secondary N) is 2. The molecule has 0 aromatic rings. The van der Waals surface area contributed by atoms with E-state index in [9.17, 15) is 5.11 Å². The van der Waals surface area contributed by atoms with Gasteiger partial charge < -0.3 is 15.7 Å². The predicted octanol–water partition coefficient (Wildman–Crippen LogP) is 2.36. The maximum Gasteiger partial charge on any atom is 0.191 e. The zero-order valence-corrected chi connectivity index (χ0v) is 15.7. The molecule has 23 heavy (non-hydrogen) atoms. The molecule has 0 spiro atoms. The molecule has 5 heteroatoms. The molecular weight excluding hydrogens is 288 g/mol. The van der Waals surface area contributed by atoms with E-state index in [4.69, 9.17) is 0 Å². The van der Waals surface area contributed by atoms with Crippen molar-refractivity contribution < 1.29 is 5.11 Å². The Morgan fingerprint density at radius 3 is 2.26 bits per heavy atom. The summed E-state index contributed by atoms with van der Waals surface area (Å²) in [6.45, 7) is 12.9. The summed E-state index contributed by atoms with van der Waals surface area (Å²) in [6.07, 6.45) is 6.31. The number of aliphatic hydroxyl groups is 1. The lowest BCUT2D eigenvalue weighted by Crippen LogP contribution is -2.43. The van der Waals surface area contributed by atoms with Crippen LogP contribution in [-0.2, 0) is 0 Å². The van der Waals surface area contributed by atoms with Crippen LogP contribution in [0.1, 0.15) is 66.2 Å². The molecule has 1 aliphatic carbocycles. The average Bonchev–Trinajstić information content (AvgIpc) is 3.34. The van der Waals surface area contributed by atoms with E-state index in [-0.39, 0.29) is 0 Å². The van der Waals surface area contributed by atoms with Gasteiger partial charge in [-0.3, -0.25) is 9.89 Å². The summed E-state index contributed by atoms with van der Waals surface area (Å²) in [4.78, 5) is 7.16. The number of likely N-dealkylation sites (N-methyl/N-ethyl adjacent to an activating group) is 1. The second kappa shape index (κ2) is 10.9. The Labute approximate surface area is 142 Å². The quantitative estimate of drug-likeness (QED) is 0.381. The SMILES string of the molecule is CCCC(O)(CCC)CN=C(NCC)NCCN(CC)C1CC1. The first-order chi connectivity index (χ1) is 11.1. The molecule has 0 unspecified atom stereocenters. The van der Waals surface area contributed by atoms with Crippen molar-refractivity contribution in [2.45, 2.75) is 77.9 Å². The molecule has 3 N–H and O–H groups in total. The molecule has 1 saturated carbocycles. The Balaban J connectivity index is 2.47. The van der Waals surface area contributed by atoms with Crippen molar-refractivity contribution in [3.63, 3.8) is 0 Å². The fraction of sp³-hybridized carbons (Fsp3) is 0.944. The van der Waals surface area contributed by atoms with Crippen molar-refractivity contribution in [2.24, 2.45) is 4.99 Å². The molecule has 0 amide bonds. The van der Waals surface area contributed by atoms with Crippen LogP contribution in [0.4, 0.5) is 0 Å². The molecule has 0 aromatic carbocycles. The van der Waals surface area contributed by atoms with Crippen molar-refractivity contribution in [3.05, 3.63) is 0 Å². The van der Waals surface area contributed by atoms with Gasteiger partial charge in [-0.2, -0.15) is 0 Å². The number of aliphatic imine (C=N–C) groups is 1. The highest BCUT2D eigenvalue weighted by atomic mass is 16.3. The van der Waals surface area contributed by atoms with Gasteiger partial charge in [0, 0.05) is 25.7 Å². The molecule has 0 atom stereocenters. The van der Waals surface area contributed by atoms with Crippen molar-refractivity contribution in [2.75, 3.05) is 32.7 Å². The van der Waals surface area contributed by atoms with Crippen LogP contribution in [0.25, 0.3) is 0 Å². The topological polar surface area (TPSA) is 59.9 Å². The third-order valence-corrected chi connectivity index (χ3v) is 4.47. The van der Waals surface area contributed by atoms with Crippen LogP contribution >= 0.6 is 0 Å². The average molecular weight is 327 g/mol. The fourth-order valence-corrected chi connectivity index (χ4v) is 3.14. The molecule has 136 valence electrons. The molecule has 0 bridgehead atoms. The van der Waals surface area contributed by atoms with E-state index < -0.39 is 5.60 Å². The number of nitrogens with zero attached hydrogens (tertiary/aromatic N) is 2. The summed E-state index contributed by atoms with van der Waals surface area (Å²) in [6, 6.07) is 0.806. The summed E-state index contributed by atoms with van der Waals surface area (Å²) in [5.41, 5.74) is -0.657. The molecule has 0 radical (unpaired) electrons. The second-order valence-corrected chi connectivity index (χ2v) is 6.71. The second-order valence-electron chi connectivity index (χ2n) is 6.71. The van der Waals surface area contributed by atoms with Crippen LogP contribution < -0.4 is 10.6 Å². The molecule has 0 saturated heterocycles. The van der Waals surface area contributed by atoms with Crippen LogP contribution in [0.2, 0.25) is 0 Å². The van der Waals surface area contributed by atoms with Crippen molar-refractivity contribution >= 4 is 5.96 Å². The summed E-state index contributed by atoms with van der Waals surface area (Å²) in [5, 5.41) is 17.4. The molecule has 1 rings (SSSR count). The van der Waals surface area contributed by atoms with Crippen molar-refractivity contribution in [1.29, 1.82) is 0 Å². The van der Waals surface area contributed by atoms with E-state index in [1.807, 2.05) is 0 Å². The van der Waals surface area contributed by atoms with E-state index in [0.717, 1.165) is 63.9 Å². The van der Waals surface area contributed by atoms with Crippen LogP contribution in [0.15, 0.2) is 4.99 Å². The van der Waals surface area contributed by atoms with E-state index in [2.05, 4.69) is 48.2 Å². The minimum absolute atomic E-state index is 0.476. The van der Waals surface area contributed by atoms with Crippen LogP contribution in [-0.4, -0.2) is 60.3 Å². The van der Waals surface area contributed by atoms with Crippen LogP contribution in [0, 0.1) is 0 Å². The number of rotatable bonds is 12. The summed E-state index contributed by atoms with van der Waals surface area (Å²) >= 11 is 0. The van der Waals surface area contributed by atoms with E-state index in [1.165, 1.54) is 12.8 Å². The first-order valence-corrected chi connectivity index (χ1v) is 9.57. The Hall–Kier alpha value is -0.810. The van der Waals surface area contributed by atoms with Crippen LogP contribution in [0.3, 0.4) is 0 Å². The fourth-order valence-electron chi connectivity index (χ4n) is 3.14. The van der Waals surface area contributed by atoms with Gasteiger partial charge in [0.2, 0.25) is 0 Å². The van der Waals surface area contributed by atoms with Gasteiger partial charge in [-0.15, -0.1) is 0 Å². The summed E-state index contributed by atoms with van der Waals surface area (Å²) < 4.78 is 0. The molecular formula is C18H38N4O. The Kier molecular flexibility index (Phi) is 9.56. The normalized spacial score (nSPS) is 16.0. The standard InChI is InChI=1S/C18H38N4O/c1-5-11-18(23,12-6-2)15-21-17(19-7-3)20-13-14-22(8-4)16-9-10-16/h16,23H,5-15H2,1-4H3,(H2,19,20,21). The third kappa shape index (κ3) is 8.02. The summed E-state index contributed by atoms with van der Waals surface area (Å²) in [7, 11) is 0. The van der Waals surface area contributed by atoms with E-state index in [1.54, 1.807) is 0 Å². The maximum atomic E-state index is 10.7. The largest absolute Gasteiger partial charge is 0.388 e. The van der Waals surface area contributed by atoms with Gasteiger partial charge in [0.15, 0.2) is 5.96 Å². The monoisotopic (exact) mass is 326 g/mol. The minimum atomic E-state index is -0.657. The van der Waals surface area contributed by atoms with Crippen LogP contribution in [0.5, 0.6) is 0 Å². The number of guanidine groups is 1.